The summed E-state index contributed by atoms with van der Waals surface area (Å²) in [5, 5.41) is 5.05. The molecule has 3 amide bonds. The predicted molar refractivity (Wildman–Crippen MR) is 77.2 cm³/mol. The lowest BCUT2D eigenvalue weighted by atomic mass is 10.0. The highest BCUT2D eigenvalue weighted by Crippen LogP contribution is 2.06. The Hall–Kier alpha value is -2.44. The van der Waals surface area contributed by atoms with Crippen LogP contribution in [0.25, 0.3) is 0 Å². The van der Waals surface area contributed by atoms with Crippen LogP contribution < -0.4 is 16.4 Å². The molecule has 114 valence electrons. The third-order valence-corrected chi connectivity index (χ3v) is 2.69. The molecule has 1 rings (SSSR count). The van der Waals surface area contributed by atoms with E-state index in [4.69, 9.17) is 5.73 Å². The second kappa shape index (κ2) is 7.98. The molecule has 0 unspecified atom stereocenters. The van der Waals surface area contributed by atoms with E-state index in [9.17, 15) is 14.4 Å². The summed E-state index contributed by atoms with van der Waals surface area (Å²) in [5.41, 5.74) is 5.35. The molecule has 21 heavy (non-hydrogen) atoms. The first-order valence-electron chi connectivity index (χ1n) is 6.67. The number of hydrogen-bond donors (Lipinski definition) is 3. The molecule has 0 fully saturated rings. The van der Waals surface area contributed by atoms with Crippen molar-refractivity contribution in [1.82, 2.24) is 15.6 Å². The molecule has 7 nitrogen and oxygen atoms in total. The highest BCUT2D eigenvalue weighted by atomic mass is 16.2. The van der Waals surface area contributed by atoms with Gasteiger partial charge in [-0.3, -0.25) is 19.4 Å². The summed E-state index contributed by atoms with van der Waals surface area (Å²) in [6.45, 7) is 3.62. The van der Waals surface area contributed by atoms with Gasteiger partial charge in [0.1, 0.15) is 6.04 Å². The molecule has 0 bridgehead atoms. The van der Waals surface area contributed by atoms with Gasteiger partial charge in [-0.1, -0.05) is 13.8 Å². The third-order valence-electron chi connectivity index (χ3n) is 2.69. The van der Waals surface area contributed by atoms with Crippen LogP contribution >= 0.6 is 0 Å². The van der Waals surface area contributed by atoms with Gasteiger partial charge in [0.2, 0.25) is 11.8 Å². The Morgan fingerprint density at radius 3 is 2.57 bits per heavy atom. The van der Waals surface area contributed by atoms with Crippen LogP contribution in [0.5, 0.6) is 0 Å². The van der Waals surface area contributed by atoms with Crippen molar-refractivity contribution in [2.45, 2.75) is 26.3 Å². The number of primary amides is 1. The summed E-state index contributed by atoms with van der Waals surface area (Å²) in [6, 6.07) is 2.52. The van der Waals surface area contributed by atoms with Crippen LogP contribution in [0.3, 0.4) is 0 Å². The lowest BCUT2D eigenvalue weighted by Gasteiger charge is -2.19. The highest BCUT2D eigenvalue weighted by Gasteiger charge is 2.22. The van der Waals surface area contributed by atoms with E-state index in [1.54, 1.807) is 18.3 Å². The van der Waals surface area contributed by atoms with Crippen molar-refractivity contribution in [3.05, 3.63) is 30.1 Å². The fourth-order valence-electron chi connectivity index (χ4n) is 1.74. The maximum Gasteiger partial charge on any atom is 0.253 e. The number of carbonyl (C=O) groups excluding carboxylic acids is 3. The number of pyridine rings is 1. The molecule has 0 aromatic carbocycles. The second-order valence-corrected chi connectivity index (χ2v) is 5.08. The molecule has 0 aliphatic carbocycles. The quantitative estimate of drug-likeness (QED) is 0.647. The first-order valence-corrected chi connectivity index (χ1v) is 6.67. The first kappa shape index (κ1) is 16.6. The molecule has 0 radical (unpaired) electrons. The Balaban J connectivity index is 2.71. The summed E-state index contributed by atoms with van der Waals surface area (Å²) >= 11 is 0. The minimum atomic E-state index is -0.725. The van der Waals surface area contributed by atoms with Gasteiger partial charge in [-0.25, -0.2) is 0 Å². The second-order valence-electron chi connectivity index (χ2n) is 5.08. The van der Waals surface area contributed by atoms with Gasteiger partial charge in [-0.15, -0.1) is 0 Å². The van der Waals surface area contributed by atoms with E-state index in [-0.39, 0.29) is 18.4 Å². The average molecular weight is 292 g/mol. The van der Waals surface area contributed by atoms with Crippen LogP contribution in [0.4, 0.5) is 0 Å². The SMILES string of the molecule is CC(C)C[C@H](NC(=O)c1cccnc1)C(=O)NCC(N)=O. The van der Waals surface area contributed by atoms with Crippen LogP contribution in [0.15, 0.2) is 24.5 Å². The minimum absolute atomic E-state index is 0.198. The van der Waals surface area contributed by atoms with Gasteiger partial charge in [0.05, 0.1) is 12.1 Å². The summed E-state index contributed by atoms with van der Waals surface area (Å²) < 4.78 is 0. The van der Waals surface area contributed by atoms with Crippen molar-refractivity contribution in [1.29, 1.82) is 0 Å². The summed E-state index contributed by atoms with van der Waals surface area (Å²) in [4.78, 5) is 38.6. The van der Waals surface area contributed by atoms with Crippen molar-refractivity contribution in [3.63, 3.8) is 0 Å². The van der Waals surface area contributed by atoms with Crippen molar-refractivity contribution in [3.8, 4) is 0 Å². The lowest BCUT2D eigenvalue weighted by Crippen LogP contribution is -2.49. The topological polar surface area (TPSA) is 114 Å². The molecule has 1 atom stereocenters. The summed E-state index contributed by atoms with van der Waals surface area (Å²) in [7, 11) is 0. The van der Waals surface area contributed by atoms with E-state index in [0.29, 0.717) is 12.0 Å². The number of nitrogens with two attached hydrogens (primary N) is 1. The minimum Gasteiger partial charge on any atom is -0.368 e. The molecule has 1 heterocycles. The van der Waals surface area contributed by atoms with Gasteiger partial charge < -0.3 is 16.4 Å². The van der Waals surface area contributed by atoms with Crippen molar-refractivity contribution in [2.75, 3.05) is 6.54 Å². The Bertz CT molecular complexity index is 502. The maximum atomic E-state index is 12.1. The average Bonchev–Trinajstić information content (AvgIpc) is 2.44. The molecule has 0 spiro atoms. The van der Waals surface area contributed by atoms with Gasteiger partial charge in [0.15, 0.2) is 0 Å². The van der Waals surface area contributed by atoms with Crippen molar-refractivity contribution >= 4 is 17.7 Å². The van der Waals surface area contributed by atoms with Crippen LogP contribution in [-0.4, -0.2) is 35.3 Å². The first-order chi connectivity index (χ1) is 9.90. The number of amides is 3. The van der Waals surface area contributed by atoms with E-state index in [2.05, 4.69) is 15.6 Å². The Morgan fingerprint density at radius 1 is 1.33 bits per heavy atom. The smallest absolute Gasteiger partial charge is 0.253 e. The molecular formula is C14H20N4O3. The van der Waals surface area contributed by atoms with Gasteiger partial charge >= 0.3 is 0 Å². The standard InChI is InChI=1S/C14H20N4O3/c1-9(2)6-11(14(21)17-8-12(15)19)18-13(20)10-4-3-5-16-7-10/h3-5,7,9,11H,6,8H2,1-2H3,(H2,15,19)(H,17,21)(H,18,20)/t11-/m0/s1. The molecule has 0 aliphatic heterocycles. The molecule has 0 saturated heterocycles. The van der Waals surface area contributed by atoms with Gasteiger partial charge in [-0.2, -0.15) is 0 Å². The number of nitrogens with one attached hydrogen (secondary N) is 2. The number of carbonyl (C=O) groups is 3. The summed E-state index contributed by atoms with van der Waals surface area (Å²) in [6.07, 6.45) is 3.43. The van der Waals surface area contributed by atoms with E-state index < -0.39 is 17.9 Å². The van der Waals surface area contributed by atoms with Gasteiger partial charge in [0, 0.05) is 12.4 Å². The number of aromatic nitrogens is 1. The number of nitrogens with zero attached hydrogens (tertiary/aromatic N) is 1. The summed E-state index contributed by atoms with van der Waals surface area (Å²) in [5.74, 6) is -1.25. The van der Waals surface area contributed by atoms with Crippen LogP contribution in [0.2, 0.25) is 0 Å². The molecule has 0 aliphatic rings. The molecule has 4 N–H and O–H groups in total. The van der Waals surface area contributed by atoms with Gasteiger partial charge in [-0.05, 0) is 24.5 Å². The van der Waals surface area contributed by atoms with Crippen molar-refractivity contribution < 1.29 is 14.4 Å². The normalized spacial score (nSPS) is 11.8. The Kier molecular flexibility index (Phi) is 6.32. The highest BCUT2D eigenvalue weighted by molar-refractivity contribution is 5.97. The van der Waals surface area contributed by atoms with Crippen LogP contribution in [0.1, 0.15) is 30.6 Å². The van der Waals surface area contributed by atoms with E-state index in [1.807, 2.05) is 13.8 Å². The van der Waals surface area contributed by atoms with Gasteiger partial charge in [0.25, 0.3) is 5.91 Å². The van der Waals surface area contributed by atoms with Crippen molar-refractivity contribution in [2.24, 2.45) is 11.7 Å². The van der Waals surface area contributed by atoms with E-state index >= 15 is 0 Å². The fraction of sp³-hybridized carbons (Fsp3) is 0.429. The lowest BCUT2D eigenvalue weighted by molar-refractivity contribution is -0.126. The van der Waals surface area contributed by atoms with E-state index in [0.717, 1.165) is 0 Å². The molecule has 1 aromatic rings. The van der Waals surface area contributed by atoms with Crippen LogP contribution in [-0.2, 0) is 9.59 Å². The number of rotatable bonds is 7. The zero-order valence-electron chi connectivity index (χ0n) is 12.1. The van der Waals surface area contributed by atoms with Crippen LogP contribution in [0, 0.1) is 5.92 Å². The molecule has 0 saturated carbocycles. The van der Waals surface area contributed by atoms with E-state index in [1.165, 1.54) is 6.20 Å². The predicted octanol–water partition coefficient (Wildman–Crippen LogP) is -0.172. The molecule has 7 heteroatoms. The zero-order valence-corrected chi connectivity index (χ0v) is 12.1. The number of hydrogen-bond acceptors (Lipinski definition) is 4. The fourth-order valence-corrected chi connectivity index (χ4v) is 1.74. The Morgan fingerprint density at radius 2 is 2.05 bits per heavy atom. The maximum absolute atomic E-state index is 12.1. The monoisotopic (exact) mass is 292 g/mol. The largest absolute Gasteiger partial charge is 0.368 e. The third kappa shape index (κ3) is 6.03. The zero-order chi connectivity index (χ0) is 15.8. The molecule has 1 aromatic heterocycles. The molecular weight excluding hydrogens is 272 g/mol. The Labute approximate surface area is 123 Å².